The molecule has 0 aromatic heterocycles. The lowest BCUT2D eigenvalue weighted by Crippen LogP contribution is -2.55. The van der Waals surface area contributed by atoms with E-state index in [4.69, 9.17) is 4.74 Å². The van der Waals surface area contributed by atoms with Crippen LogP contribution in [-0.4, -0.2) is 70.9 Å². The zero-order chi connectivity index (χ0) is 29.3. The molecule has 9 nitrogen and oxygen atoms in total. The zero-order valence-corrected chi connectivity index (χ0v) is 24.4. The minimum atomic E-state index is -0.714. The summed E-state index contributed by atoms with van der Waals surface area (Å²) >= 11 is 0. The van der Waals surface area contributed by atoms with Crippen LogP contribution in [0, 0.1) is 17.7 Å². The lowest BCUT2D eigenvalue weighted by molar-refractivity contribution is -0.140. The Kier molecular flexibility index (Phi) is 11.7. The van der Waals surface area contributed by atoms with Crippen molar-refractivity contribution in [2.24, 2.45) is 11.8 Å². The first kappa shape index (κ1) is 32.0. The van der Waals surface area contributed by atoms with Gasteiger partial charge in [-0.2, -0.15) is 0 Å². The second-order valence-corrected chi connectivity index (χ2v) is 11.4. The predicted octanol–water partition coefficient (Wildman–Crippen LogP) is 3.86. The fourth-order valence-electron chi connectivity index (χ4n) is 4.61. The number of benzene rings is 1. The Morgan fingerprint density at radius 3 is 2.15 bits per heavy atom. The third-order valence-electron chi connectivity index (χ3n) is 6.82. The van der Waals surface area contributed by atoms with Gasteiger partial charge in [-0.15, -0.1) is 0 Å². The number of likely N-dealkylation sites (tertiary alicyclic amines) is 1. The van der Waals surface area contributed by atoms with Crippen LogP contribution >= 0.6 is 0 Å². The minimum absolute atomic E-state index is 0.137. The van der Waals surface area contributed by atoms with Gasteiger partial charge in [0.15, 0.2) is 0 Å². The Bertz CT molecular complexity index is 984. The van der Waals surface area contributed by atoms with Crippen LogP contribution in [0.15, 0.2) is 24.3 Å². The molecule has 2 atom stereocenters. The molecule has 1 saturated heterocycles. The molecule has 0 saturated carbocycles. The first-order valence-corrected chi connectivity index (χ1v) is 13.9. The van der Waals surface area contributed by atoms with Gasteiger partial charge >= 0.3 is 6.09 Å². The molecule has 1 fully saturated rings. The summed E-state index contributed by atoms with van der Waals surface area (Å²) in [5.41, 5.74) is 0.0952. The zero-order valence-electron chi connectivity index (χ0n) is 24.4. The van der Waals surface area contributed by atoms with Gasteiger partial charge in [-0.25, -0.2) is 9.18 Å². The highest BCUT2D eigenvalue weighted by molar-refractivity contribution is 5.89. The fourth-order valence-corrected chi connectivity index (χ4v) is 4.61. The SMILES string of the molecule is CC[C@@H](C(=O)N1CCC(C(=O)N[C@@H](C(=O)NCc2ccc(F)cc2)C(C)C)CC1)N(CC)C(=O)OC(C)(C)C. The number of nitrogens with zero attached hydrogens (tertiary/aromatic N) is 2. The van der Waals surface area contributed by atoms with Crippen molar-refractivity contribution in [1.82, 2.24) is 20.4 Å². The maximum absolute atomic E-state index is 13.3. The first-order chi connectivity index (χ1) is 18.3. The number of carbonyl (C=O) groups excluding carboxylic acids is 4. The van der Waals surface area contributed by atoms with Crippen LogP contribution in [0.3, 0.4) is 0 Å². The van der Waals surface area contributed by atoms with Crippen LogP contribution in [0.25, 0.3) is 0 Å². The molecule has 1 aromatic carbocycles. The number of ether oxygens (including phenoxy) is 1. The van der Waals surface area contributed by atoms with Gasteiger partial charge in [-0.1, -0.05) is 32.9 Å². The Labute approximate surface area is 231 Å². The van der Waals surface area contributed by atoms with Crippen molar-refractivity contribution in [1.29, 1.82) is 0 Å². The van der Waals surface area contributed by atoms with Gasteiger partial charge in [0.25, 0.3) is 0 Å². The molecule has 0 aliphatic carbocycles. The Morgan fingerprint density at radius 2 is 1.67 bits per heavy atom. The van der Waals surface area contributed by atoms with Crippen LogP contribution in [0.1, 0.15) is 73.3 Å². The average molecular weight is 549 g/mol. The number of carbonyl (C=O) groups is 4. The van der Waals surface area contributed by atoms with Gasteiger partial charge in [0.2, 0.25) is 17.7 Å². The van der Waals surface area contributed by atoms with E-state index in [9.17, 15) is 23.6 Å². The second kappa shape index (κ2) is 14.3. The highest BCUT2D eigenvalue weighted by Crippen LogP contribution is 2.22. The number of hydrogen-bond acceptors (Lipinski definition) is 5. The standard InChI is InChI=1S/C29H45FN4O5/c1-8-23(34(9-2)28(38)39-29(5,6)7)27(37)33-16-14-21(15-17-33)25(35)32-24(19(3)4)26(36)31-18-20-10-12-22(30)13-11-20/h10-13,19,21,23-24H,8-9,14-18H2,1-7H3,(H,31,36)(H,32,35)/t23-,24+/m0/s1. The normalized spacial score (nSPS) is 15.9. The molecular formula is C29H45FN4O5. The van der Waals surface area contributed by atoms with Crippen molar-refractivity contribution in [3.63, 3.8) is 0 Å². The van der Waals surface area contributed by atoms with Gasteiger partial charge < -0.3 is 20.3 Å². The number of nitrogens with one attached hydrogen (secondary N) is 2. The van der Waals surface area contributed by atoms with E-state index < -0.39 is 23.8 Å². The van der Waals surface area contributed by atoms with Gasteiger partial charge in [0.1, 0.15) is 23.5 Å². The number of hydrogen-bond donors (Lipinski definition) is 2. The molecule has 0 bridgehead atoms. The fraction of sp³-hybridized carbons (Fsp3) is 0.655. The summed E-state index contributed by atoms with van der Waals surface area (Å²) < 4.78 is 18.6. The third-order valence-corrected chi connectivity index (χ3v) is 6.82. The van der Waals surface area contributed by atoms with Crippen LogP contribution in [0.2, 0.25) is 0 Å². The maximum Gasteiger partial charge on any atom is 0.410 e. The summed E-state index contributed by atoms with van der Waals surface area (Å²) in [6.07, 6.45) is 0.871. The quantitative estimate of drug-likeness (QED) is 0.462. The topological polar surface area (TPSA) is 108 Å². The van der Waals surface area contributed by atoms with Crippen molar-refractivity contribution in [3.05, 3.63) is 35.6 Å². The molecule has 39 heavy (non-hydrogen) atoms. The molecule has 2 N–H and O–H groups in total. The van der Waals surface area contributed by atoms with E-state index in [1.807, 2.05) is 27.7 Å². The molecule has 1 heterocycles. The smallest absolute Gasteiger partial charge is 0.410 e. The van der Waals surface area contributed by atoms with Crippen LogP contribution in [0.5, 0.6) is 0 Å². The Balaban J connectivity index is 1.94. The number of rotatable bonds is 10. The maximum atomic E-state index is 13.3. The molecule has 0 radical (unpaired) electrons. The largest absolute Gasteiger partial charge is 0.444 e. The molecule has 2 rings (SSSR count). The molecule has 4 amide bonds. The summed E-state index contributed by atoms with van der Waals surface area (Å²) in [7, 11) is 0. The molecule has 0 spiro atoms. The minimum Gasteiger partial charge on any atom is -0.444 e. The summed E-state index contributed by atoms with van der Waals surface area (Å²) in [4.78, 5) is 55.1. The third kappa shape index (κ3) is 9.51. The molecule has 1 aromatic rings. The van der Waals surface area contributed by atoms with E-state index in [1.54, 1.807) is 37.8 Å². The number of likely N-dealkylation sites (N-methyl/N-ethyl adjacent to an activating group) is 1. The van der Waals surface area contributed by atoms with E-state index in [0.717, 1.165) is 5.56 Å². The van der Waals surface area contributed by atoms with E-state index in [1.165, 1.54) is 17.0 Å². The summed E-state index contributed by atoms with van der Waals surface area (Å²) in [6.45, 7) is 14.1. The Hall–Kier alpha value is -3.17. The van der Waals surface area contributed by atoms with Crippen molar-refractivity contribution < 1.29 is 28.3 Å². The van der Waals surface area contributed by atoms with E-state index in [2.05, 4.69) is 10.6 Å². The highest BCUT2D eigenvalue weighted by Gasteiger charge is 2.36. The van der Waals surface area contributed by atoms with Crippen LogP contribution < -0.4 is 10.6 Å². The van der Waals surface area contributed by atoms with E-state index in [-0.39, 0.29) is 41.9 Å². The molecule has 1 aliphatic rings. The van der Waals surface area contributed by atoms with Crippen molar-refractivity contribution in [3.8, 4) is 0 Å². The van der Waals surface area contributed by atoms with Crippen LogP contribution in [0.4, 0.5) is 9.18 Å². The van der Waals surface area contributed by atoms with Gasteiger partial charge in [-0.05, 0) is 70.6 Å². The number of piperidine rings is 1. The molecule has 218 valence electrons. The first-order valence-electron chi connectivity index (χ1n) is 13.9. The van der Waals surface area contributed by atoms with Crippen molar-refractivity contribution in [2.75, 3.05) is 19.6 Å². The van der Waals surface area contributed by atoms with Crippen molar-refractivity contribution in [2.45, 2.75) is 92.0 Å². The lowest BCUT2D eigenvalue weighted by Gasteiger charge is -2.37. The molecular weight excluding hydrogens is 503 g/mol. The van der Waals surface area contributed by atoms with E-state index >= 15 is 0 Å². The summed E-state index contributed by atoms with van der Waals surface area (Å²) in [6, 6.07) is 4.52. The van der Waals surface area contributed by atoms with Crippen molar-refractivity contribution >= 4 is 23.8 Å². The number of halogens is 1. The monoisotopic (exact) mass is 548 g/mol. The Morgan fingerprint density at radius 1 is 1.08 bits per heavy atom. The van der Waals surface area contributed by atoms with Crippen LogP contribution in [-0.2, 0) is 25.7 Å². The van der Waals surface area contributed by atoms with Gasteiger partial charge in [0.05, 0.1) is 0 Å². The average Bonchev–Trinajstić information content (AvgIpc) is 2.88. The van der Waals surface area contributed by atoms with Gasteiger partial charge in [-0.3, -0.25) is 19.3 Å². The predicted molar refractivity (Wildman–Crippen MR) is 147 cm³/mol. The van der Waals surface area contributed by atoms with Gasteiger partial charge in [0, 0.05) is 32.1 Å². The highest BCUT2D eigenvalue weighted by atomic mass is 19.1. The summed E-state index contributed by atoms with van der Waals surface area (Å²) in [5.74, 6) is -1.47. The number of amides is 4. The molecule has 10 heteroatoms. The molecule has 1 aliphatic heterocycles. The molecule has 0 unspecified atom stereocenters. The van der Waals surface area contributed by atoms with E-state index in [0.29, 0.717) is 38.9 Å². The summed E-state index contributed by atoms with van der Waals surface area (Å²) in [5, 5.41) is 5.71. The second-order valence-electron chi connectivity index (χ2n) is 11.4. The lowest BCUT2D eigenvalue weighted by atomic mass is 9.93.